The Balaban J connectivity index is 1.83. The lowest BCUT2D eigenvalue weighted by molar-refractivity contribution is 0.0519. The third kappa shape index (κ3) is 2.95. The van der Waals surface area contributed by atoms with E-state index >= 15 is 0 Å². The van der Waals surface area contributed by atoms with Gasteiger partial charge in [0.2, 0.25) is 0 Å². The maximum absolute atomic E-state index is 13.5. The van der Waals surface area contributed by atoms with Gasteiger partial charge in [0.05, 0.1) is 6.61 Å². The SMILES string of the molecule is CCOC(=O)c1n[nH]c2c1C=CC(c1ccccc1)(c1ccc(F)cc1)C2. The number of H-pyrrole nitrogens is 1. The van der Waals surface area contributed by atoms with Crippen LogP contribution in [-0.2, 0) is 16.6 Å². The molecule has 0 aliphatic heterocycles. The number of ether oxygens (including phenoxy) is 1. The van der Waals surface area contributed by atoms with Crippen LogP contribution in [0.15, 0.2) is 60.7 Å². The molecule has 0 saturated heterocycles. The van der Waals surface area contributed by atoms with Crippen LogP contribution in [0.4, 0.5) is 4.39 Å². The highest BCUT2D eigenvalue weighted by Gasteiger charge is 2.37. The topological polar surface area (TPSA) is 55.0 Å². The minimum Gasteiger partial charge on any atom is -0.461 e. The van der Waals surface area contributed by atoms with Gasteiger partial charge in [-0.1, -0.05) is 54.6 Å². The van der Waals surface area contributed by atoms with Gasteiger partial charge in [0.1, 0.15) is 5.82 Å². The quantitative estimate of drug-likeness (QED) is 0.705. The van der Waals surface area contributed by atoms with E-state index in [4.69, 9.17) is 4.74 Å². The van der Waals surface area contributed by atoms with Crippen molar-refractivity contribution in [3.63, 3.8) is 0 Å². The third-order valence-corrected chi connectivity index (χ3v) is 4.99. The number of nitrogens with one attached hydrogen (secondary N) is 1. The van der Waals surface area contributed by atoms with Crippen LogP contribution in [0.3, 0.4) is 0 Å². The van der Waals surface area contributed by atoms with Crippen molar-refractivity contribution in [3.8, 4) is 0 Å². The standard InChI is InChI=1S/C22H19FN2O2/c1-2-27-21(26)20-18-12-13-22(14-19(18)24-25-20,15-6-4-3-5-7-15)16-8-10-17(23)11-9-16/h3-13H,2,14H2,1H3,(H,24,25). The summed E-state index contributed by atoms with van der Waals surface area (Å²) >= 11 is 0. The van der Waals surface area contributed by atoms with Gasteiger partial charge in [0, 0.05) is 23.1 Å². The van der Waals surface area contributed by atoms with Crippen molar-refractivity contribution in [1.82, 2.24) is 10.2 Å². The second-order valence-electron chi connectivity index (χ2n) is 6.54. The Bertz CT molecular complexity index is 993. The number of carbonyl (C=O) groups excluding carboxylic acids is 1. The smallest absolute Gasteiger partial charge is 0.359 e. The summed E-state index contributed by atoms with van der Waals surface area (Å²) in [7, 11) is 0. The molecular formula is C22H19FN2O2. The molecule has 136 valence electrons. The number of esters is 1. The lowest BCUT2D eigenvalue weighted by atomic mass is 9.68. The molecule has 0 spiro atoms. The molecule has 0 amide bonds. The van der Waals surface area contributed by atoms with Crippen molar-refractivity contribution in [2.45, 2.75) is 18.8 Å². The van der Waals surface area contributed by atoms with Crippen LogP contribution in [0.25, 0.3) is 6.08 Å². The maximum atomic E-state index is 13.5. The number of nitrogens with zero attached hydrogens (tertiary/aromatic N) is 1. The van der Waals surface area contributed by atoms with Crippen LogP contribution in [-0.4, -0.2) is 22.8 Å². The monoisotopic (exact) mass is 362 g/mol. The van der Waals surface area contributed by atoms with E-state index in [0.29, 0.717) is 18.7 Å². The summed E-state index contributed by atoms with van der Waals surface area (Å²) in [6.07, 6.45) is 4.56. The number of aromatic amines is 1. The van der Waals surface area contributed by atoms with Gasteiger partial charge in [-0.3, -0.25) is 5.10 Å². The van der Waals surface area contributed by atoms with Crippen LogP contribution in [0, 0.1) is 5.82 Å². The van der Waals surface area contributed by atoms with Crippen LogP contribution in [0.1, 0.15) is 39.8 Å². The Morgan fingerprint density at radius 3 is 2.56 bits per heavy atom. The summed E-state index contributed by atoms with van der Waals surface area (Å²) in [5, 5.41) is 7.17. The first kappa shape index (κ1) is 17.2. The second kappa shape index (κ2) is 6.83. The number of fused-ring (bicyclic) bond motifs is 1. The summed E-state index contributed by atoms with van der Waals surface area (Å²) in [6, 6.07) is 16.6. The van der Waals surface area contributed by atoms with E-state index in [-0.39, 0.29) is 5.82 Å². The maximum Gasteiger partial charge on any atom is 0.359 e. The number of hydrogen-bond donors (Lipinski definition) is 1. The minimum absolute atomic E-state index is 0.270. The molecule has 5 heteroatoms. The first-order valence-corrected chi connectivity index (χ1v) is 8.89. The molecule has 4 nitrogen and oxygen atoms in total. The van der Waals surface area contributed by atoms with Crippen LogP contribution in [0.2, 0.25) is 0 Å². The second-order valence-corrected chi connectivity index (χ2v) is 6.54. The zero-order valence-electron chi connectivity index (χ0n) is 14.9. The lowest BCUT2D eigenvalue weighted by Crippen LogP contribution is -2.30. The highest BCUT2D eigenvalue weighted by Crippen LogP contribution is 2.41. The van der Waals surface area contributed by atoms with E-state index in [1.54, 1.807) is 19.1 Å². The average molecular weight is 362 g/mol. The number of hydrogen-bond acceptors (Lipinski definition) is 3. The van der Waals surface area contributed by atoms with Gasteiger partial charge >= 0.3 is 5.97 Å². The first-order valence-electron chi connectivity index (χ1n) is 8.89. The van der Waals surface area contributed by atoms with E-state index in [1.807, 2.05) is 24.3 Å². The number of halogens is 1. The molecular weight excluding hydrogens is 343 g/mol. The Kier molecular flexibility index (Phi) is 4.36. The number of aromatic nitrogens is 2. The molecule has 0 saturated carbocycles. The molecule has 0 bridgehead atoms. The van der Waals surface area contributed by atoms with Crippen molar-refractivity contribution in [2.24, 2.45) is 0 Å². The van der Waals surface area contributed by atoms with E-state index in [2.05, 4.69) is 28.4 Å². The molecule has 1 aromatic heterocycles. The number of carbonyl (C=O) groups is 1. The predicted molar refractivity (Wildman–Crippen MR) is 101 cm³/mol. The first-order chi connectivity index (χ1) is 13.1. The summed E-state index contributed by atoms with van der Waals surface area (Å²) in [4.78, 5) is 12.1. The zero-order valence-corrected chi connectivity index (χ0v) is 14.9. The van der Waals surface area contributed by atoms with Crippen LogP contribution < -0.4 is 0 Å². The molecule has 1 atom stereocenters. The fourth-order valence-corrected chi connectivity index (χ4v) is 3.67. The summed E-state index contributed by atoms with van der Waals surface area (Å²) in [6.45, 7) is 2.06. The van der Waals surface area contributed by atoms with Gasteiger partial charge in [0.15, 0.2) is 5.69 Å². The molecule has 0 fully saturated rings. The number of benzene rings is 2. The number of rotatable bonds is 4. The Hall–Kier alpha value is -3.21. The zero-order chi connectivity index (χ0) is 18.9. The van der Waals surface area contributed by atoms with Gasteiger partial charge in [-0.25, -0.2) is 9.18 Å². The Labute approximate surface area is 156 Å². The molecule has 2 aromatic carbocycles. The summed E-state index contributed by atoms with van der Waals surface area (Å²) < 4.78 is 18.6. The van der Waals surface area contributed by atoms with Gasteiger partial charge in [-0.15, -0.1) is 0 Å². The van der Waals surface area contributed by atoms with E-state index < -0.39 is 11.4 Å². The lowest BCUT2D eigenvalue weighted by Gasteiger charge is -2.34. The molecule has 1 aliphatic rings. The van der Waals surface area contributed by atoms with Crippen molar-refractivity contribution >= 4 is 12.0 Å². The molecule has 1 aliphatic carbocycles. The molecule has 4 rings (SSSR count). The van der Waals surface area contributed by atoms with Crippen molar-refractivity contribution in [1.29, 1.82) is 0 Å². The molecule has 0 radical (unpaired) electrons. The van der Waals surface area contributed by atoms with Crippen molar-refractivity contribution < 1.29 is 13.9 Å². The van der Waals surface area contributed by atoms with Gasteiger partial charge in [-0.2, -0.15) is 5.10 Å². The highest BCUT2D eigenvalue weighted by molar-refractivity contribution is 5.92. The van der Waals surface area contributed by atoms with Crippen molar-refractivity contribution in [2.75, 3.05) is 6.61 Å². The average Bonchev–Trinajstić information content (AvgIpc) is 3.12. The normalized spacial score (nSPS) is 18.1. The summed E-state index contributed by atoms with van der Waals surface area (Å²) in [5.74, 6) is -0.706. The fourth-order valence-electron chi connectivity index (χ4n) is 3.67. The Morgan fingerprint density at radius 2 is 1.85 bits per heavy atom. The van der Waals surface area contributed by atoms with Crippen LogP contribution >= 0.6 is 0 Å². The highest BCUT2D eigenvalue weighted by atomic mass is 19.1. The summed E-state index contributed by atoms with van der Waals surface area (Å²) in [5.41, 5.74) is 3.50. The molecule has 3 aromatic rings. The molecule has 1 N–H and O–H groups in total. The van der Waals surface area contributed by atoms with Crippen molar-refractivity contribution in [3.05, 3.63) is 94.6 Å². The van der Waals surface area contributed by atoms with Crippen LogP contribution in [0.5, 0.6) is 0 Å². The van der Waals surface area contributed by atoms with Gasteiger partial charge in [-0.05, 0) is 30.2 Å². The Morgan fingerprint density at radius 1 is 1.15 bits per heavy atom. The molecule has 27 heavy (non-hydrogen) atoms. The predicted octanol–water partition coefficient (Wildman–Crippen LogP) is 4.28. The minimum atomic E-state index is -0.472. The fraction of sp³-hybridized carbons (Fsp3) is 0.182. The molecule has 1 unspecified atom stereocenters. The van der Waals surface area contributed by atoms with Gasteiger partial charge in [0.25, 0.3) is 0 Å². The van der Waals surface area contributed by atoms with E-state index in [9.17, 15) is 9.18 Å². The largest absolute Gasteiger partial charge is 0.461 e. The number of allylic oxidation sites excluding steroid dienone is 1. The van der Waals surface area contributed by atoms with E-state index in [0.717, 1.165) is 22.4 Å². The van der Waals surface area contributed by atoms with E-state index in [1.165, 1.54) is 12.1 Å². The third-order valence-electron chi connectivity index (χ3n) is 4.99. The van der Waals surface area contributed by atoms with Gasteiger partial charge < -0.3 is 4.74 Å². The molecule has 1 heterocycles.